The predicted molar refractivity (Wildman–Crippen MR) is 92.2 cm³/mol. The molecule has 2 fully saturated rings. The Hall–Kier alpha value is -1.67. The summed E-state index contributed by atoms with van der Waals surface area (Å²) in [6.45, 7) is 3.19. The van der Waals surface area contributed by atoms with Crippen molar-refractivity contribution in [3.05, 3.63) is 11.1 Å². The van der Waals surface area contributed by atoms with Crippen LogP contribution in [0.4, 0.5) is 5.13 Å². The number of rotatable bonds is 6. The molecule has 132 valence electrons. The number of likely N-dealkylation sites (tertiary alicyclic amines) is 1. The maximum atomic E-state index is 12.3. The zero-order valence-corrected chi connectivity index (χ0v) is 14.8. The smallest absolute Gasteiger partial charge is 0.268 e. The van der Waals surface area contributed by atoms with Gasteiger partial charge in [-0.3, -0.25) is 9.59 Å². The van der Waals surface area contributed by atoms with Gasteiger partial charge in [-0.05, 0) is 25.2 Å². The summed E-state index contributed by atoms with van der Waals surface area (Å²) in [7, 11) is 1.69. The number of piperidine rings is 2. The zero-order chi connectivity index (χ0) is 17.1. The highest BCUT2D eigenvalue weighted by Gasteiger charge is 2.39. The quantitative estimate of drug-likeness (QED) is 0.775. The molecule has 2 amide bonds. The average molecular weight is 352 g/mol. The van der Waals surface area contributed by atoms with Crippen molar-refractivity contribution in [3.8, 4) is 0 Å². The van der Waals surface area contributed by atoms with Gasteiger partial charge in [0.2, 0.25) is 5.91 Å². The number of methoxy groups -OCH3 is 1. The molecule has 0 spiro atoms. The third-order valence-electron chi connectivity index (χ3n) is 4.91. The fourth-order valence-corrected chi connectivity index (χ4v) is 4.57. The van der Waals surface area contributed by atoms with Crippen molar-refractivity contribution in [2.45, 2.75) is 31.7 Å². The largest absolute Gasteiger partial charge is 0.385 e. The molecule has 0 saturated carbocycles. The fourth-order valence-electron chi connectivity index (χ4n) is 3.72. The minimum atomic E-state index is -0.486. The van der Waals surface area contributed by atoms with Crippen LogP contribution in [0, 0.1) is 5.92 Å². The van der Waals surface area contributed by atoms with Crippen LogP contribution in [-0.2, 0) is 9.53 Å². The molecule has 2 aliphatic heterocycles. The van der Waals surface area contributed by atoms with Gasteiger partial charge in [0, 0.05) is 51.2 Å². The van der Waals surface area contributed by atoms with Gasteiger partial charge in [-0.15, -0.1) is 11.3 Å². The van der Waals surface area contributed by atoms with Gasteiger partial charge >= 0.3 is 0 Å². The summed E-state index contributed by atoms with van der Waals surface area (Å²) < 4.78 is 5.11. The molecule has 0 aromatic carbocycles. The maximum absolute atomic E-state index is 12.3. The number of nitrogens with zero attached hydrogens (tertiary/aromatic N) is 3. The fraction of sp³-hybridized carbons (Fsp3) is 0.688. The van der Waals surface area contributed by atoms with Crippen molar-refractivity contribution >= 4 is 28.3 Å². The Morgan fingerprint density at radius 3 is 3.04 bits per heavy atom. The van der Waals surface area contributed by atoms with Crippen molar-refractivity contribution in [3.63, 3.8) is 0 Å². The molecule has 2 N–H and O–H groups in total. The summed E-state index contributed by atoms with van der Waals surface area (Å²) in [5, 5.41) is 2.57. The first-order chi connectivity index (χ1) is 11.6. The first-order valence-electron chi connectivity index (χ1n) is 8.39. The van der Waals surface area contributed by atoms with E-state index in [1.807, 2.05) is 0 Å². The van der Waals surface area contributed by atoms with E-state index in [2.05, 4.69) is 14.8 Å². The van der Waals surface area contributed by atoms with Gasteiger partial charge in [-0.1, -0.05) is 0 Å². The minimum absolute atomic E-state index is 0.270. The molecular weight excluding hydrogens is 328 g/mol. The summed E-state index contributed by atoms with van der Waals surface area (Å²) in [5.41, 5.74) is 5.62. The summed E-state index contributed by atoms with van der Waals surface area (Å²) in [6, 6.07) is 0.315. The van der Waals surface area contributed by atoms with Gasteiger partial charge in [0.25, 0.3) is 5.91 Å². The van der Waals surface area contributed by atoms with Crippen molar-refractivity contribution in [2.24, 2.45) is 11.7 Å². The van der Waals surface area contributed by atoms with Crippen LogP contribution < -0.4 is 10.6 Å². The van der Waals surface area contributed by atoms with Crippen molar-refractivity contribution in [1.29, 1.82) is 0 Å². The normalized spacial score (nSPS) is 24.1. The third kappa shape index (κ3) is 3.54. The Kier molecular flexibility index (Phi) is 5.35. The van der Waals surface area contributed by atoms with Gasteiger partial charge in [0.15, 0.2) is 5.13 Å². The Balaban J connectivity index is 1.65. The van der Waals surface area contributed by atoms with Crippen LogP contribution in [0.15, 0.2) is 5.38 Å². The van der Waals surface area contributed by atoms with E-state index in [1.54, 1.807) is 12.5 Å². The molecule has 3 rings (SSSR count). The van der Waals surface area contributed by atoms with E-state index in [4.69, 9.17) is 10.5 Å². The molecule has 0 unspecified atom stereocenters. The Bertz CT molecular complexity index is 606. The number of fused-ring (bicyclic) bond motifs is 1. The van der Waals surface area contributed by atoms with E-state index >= 15 is 0 Å². The topological polar surface area (TPSA) is 88.8 Å². The van der Waals surface area contributed by atoms with Gasteiger partial charge in [0.05, 0.1) is 0 Å². The van der Waals surface area contributed by atoms with E-state index in [9.17, 15) is 9.59 Å². The van der Waals surface area contributed by atoms with Crippen LogP contribution in [-0.4, -0.2) is 61.1 Å². The lowest BCUT2D eigenvalue weighted by Gasteiger charge is -2.47. The standard InChI is InChI=1S/C16H24N4O3S/c1-23-8-2-6-20-13-5-7-19(9-11(13)3-4-14(20)21)16-18-12(10-24-16)15(17)22/h10-11,13H,2-9H2,1H3,(H2,17,22)/t11-,13+/m0/s1. The number of hydrogen-bond acceptors (Lipinski definition) is 6. The average Bonchev–Trinajstić information content (AvgIpc) is 3.07. The lowest BCUT2D eigenvalue weighted by Crippen LogP contribution is -2.56. The van der Waals surface area contributed by atoms with Gasteiger partial charge < -0.3 is 20.3 Å². The lowest BCUT2D eigenvalue weighted by molar-refractivity contribution is -0.139. The van der Waals surface area contributed by atoms with Crippen molar-refractivity contribution < 1.29 is 14.3 Å². The van der Waals surface area contributed by atoms with Crippen LogP contribution in [0.1, 0.15) is 36.2 Å². The second-order valence-electron chi connectivity index (χ2n) is 6.41. The molecule has 7 nitrogen and oxygen atoms in total. The second kappa shape index (κ2) is 7.48. The number of anilines is 1. The van der Waals surface area contributed by atoms with E-state index < -0.39 is 5.91 Å². The molecule has 0 radical (unpaired) electrons. The van der Waals surface area contributed by atoms with Gasteiger partial charge in [-0.25, -0.2) is 4.98 Å². The van der Waals surface area contributed by atoms with Crippen LogP contribution in [0.25, 0.3) is 0 Å². The highest BCUT2D eigenvalue weighted by Crippen LogP contribution is 2.34. The predicted octanol–water partition coefficient (Wildman–Crippen LogP) is 1.10. The SMILES string of the molecule is COCCCN1C(=O)CC[C@H]2CN(c3nc(C(N)=O)cs3)CC[C@H]21. The van der Waals surface area contributed by atoms with E-state index in [0.29, 0.717) is 30.7 Å². The molecule has 2 atom stereocenters. The monoisotopic (exact) mass is 352 g/mol. The van der Waals surface area contributed by atoms with Crippen molar-refractivity contribution in [2.75, 3.05) is 38.3 Å². The molecular formula is C16H24N4O3S. The van der Waals surface area contributed by atoms with E-state index in [1.165, 1.54) is 11.3 Å². The molecule has 2 saturated heterocycles. The zero-order valence-electron chi connectivity index (χ0n) is 13.9. The maximum Gasteiger partial charge on any atom is 0.268 e. The molecule has 3 heterocycles. The number of primary amides is 1. The third-order valence-corrected chi connectivity index (χ3v) is 5.81. The molecule has 1 aromatic rings. The number of nitrogens with two attached hydrogens (primary N) is 1. The molecule has 8 heteroatoms. The molecule has 2 aliphatic rings. The summed E-state index contributed by atoms with van der Waals surface area (Å²) in [5.74, 6) is 0.242. The highest BCUT2D eigenvalue weighted by atomic mass is 32.1. The molecule has 1 aromatic heterocycles. The lowest BCUT2D eigenvalue weighted by atomic mass is 9.83. The number of thiazole rings is 1. The molecule has 24 heavy (non-hydrogen) atoms. The van der Waals surface area contributed by atoms with Crippen molar-refractivity contribution in [1.82, 2.24) is 9.88 Å². The van der Waals surface area contributed by atoms with E-state index in [0.717, 1.165) is 44.0 Å². The number of carbonyl (C=O) groups excluding carboxylic acids is 2. The molecule has 0 bridgehead atoms. The van der Waals surface area contributed by atoms with Gasteiger partial charge in [0.1, 0.15) is 5.69 Å². The first kappa shape index (κ1) is 17.2. The number of hydrogen-bond donors (Lipinski definition) is 1. The highest BCUT2D eigenvalue weighted by molar-refractivity contribution is 7.13. The Morgan fingerprint density at radius 1 is 1.50 bits per heavy atom. The number of carbonyl (C=O) groups is 2. The molecule has 0 aliphatic carbocycles. The summed E-state index contributed by atoms with van der Waals surface area (Å²) >= 11 is 1.46. The Labute approximate surface area is 145 Å². The van der Waals surface area contributed by atoms with E-state index in [-0.39, 0.29) is 5.91 Å². The second-order valence-corrected chi connectivity index (χ2v) is 7.25. The Morgan fingerprint density at radius 2 is 2.33 bits per heavy atom. The van der Waals surface area contributed by atoms with Crippen LogP contribution in [0.5, 0.6) is 0 Å². The van der Waals surface area contributed by atoms with Crippen LogP contribution in [0.3, 0.4) is 0 Å². The number of aromatic nitrogens is 1. The van der Waals surface area contributed by atoms with Crippen LogP contribution in [0.2, 0.25) is 0 Å². The van der Waals surface area contributed by atoms with Crippen LogP contribution >= 0.6 is 11.3 Å². The number of ether oxygens (including phenoxy) is 1. The number of amides is 2. The first-order valence-corrected chi connectivity index (χ1v) is 9.26. The minimum Gasteiger partial charge on any atom is -0.385 e. The summed E-state index contributed by atoms with van der Waals surface area (Å²) in [6.07, 6.45) is 3.36. The van der Waals surface area contributed by atoms with Gasteiger partial charge in [-0.2, -0.15) is 0 Å². The summed E-state index contributed by atoms with van der Waals surface area (Å²) in [4.78, 5) is 32.1.